The van der Waals surface area contributed by atoms with Crippen molar-refractivity contribution in [3.8, 4) is 0 Å². The van der Waals surface area contributed by atoms with Crippen LogP contribution in [-0.4, -0.2) is 53.3 Å². The van der Waals surface area contributed by atoms with Crippen molar-refractivity contribution in [3.63, 3.8) is 0 Å². The van der Waals surface area contributed by atoms with E-state index >= 15 is 0 Å². The van der Waals surface area contributed by atoms with Crippen LogP contribution < -0.4 is 21.3 Å². The van der Waals surface area contributed by atoms with E-state index in [0.29, 0.717) is 30.6 Å². The molecule has 1 atom stereocenters. The molecule has 1 rings (SSSR count). The predicted molar refractivity (Wildman–Crippen MR) is 145 cm³/mol. The highest BCUT2D eigenvalue weighted by atomic mass is 35.5. The van der Waals surface area contributed by atoms with Crippen molar-refractivity contribution in [1.82, 2.24) is 20.9 Å². The molecule has 39 heavy (non-hydrogen) atoms. The fourth-order valence-electron chi connectivity index (χ4n) is 2.83. The second-order valence-corrected chi connectivity index (χ2v) is 8.46. The first-order chi connectivity index (χ1) is 18.2. The Morgan fingerprint density at radius 3 is 2.36 bits per heavy atom. The minimum absolute atomic E-state index is 0.0486. The number of rotatable bonds is 12. The van der Waals surface area contributed by atoms with Gasteiger partial charge in [-0.3, -0.25) is 24.4 Å². The summed E-state index contributed by atoms with van der Waals surface area (Å²) in [5.41, 5.74) is -0.257. The highest BCUT2D eigenvalue weighted by molar-refractivity contribution is 6.44. The van der Waals surface area contributed by atoms with Crippen LogP contribution in [0.2, 0.25) is 5.02 Å². The summed E-state index contributed by atoms with van der Waals surface area (Å²) in [5, 5.41) is 10.1. The maximum absolute atomic E-state index is 13.1. The summed E-state index contributed by atoms with van der Waals surface area (Å²) in [6.07, 6.45) is 0.132. The van der Waals surface area contributed by atoms with Crippen molar-refractivity contribution in [2.45, 2.75) is 46.8 Å². The minimum Gasteiger partial charge on any atom is -0.387 e. The van der Waals surface area contributed by atoms with Crippen LogP contribution in [0.4, 0.5) is 19.0 Å². The van der Waals surface area contributed by atoms with Gasteiger partial charge in [-0.15, -0.1) is 0 Å². The summed E-state index contributed by atoms with van der Waals surface area (Å²) in [4.78, 5) is 48.3. The Balaban J connectivity index is 2.93. The number of carbonyl (C=O) groups is 3. The van der Waals surface area contributed by atoms with Crippen molar-refractivity contribution < 1.29 is 27.6 Å². The molecule has 14 heteroatoms. The smallest absolute Gasteiger partial charge is 0.387 e. The molecule has 3 amide bonds. The Bertz CT molecular complexity index is 1210. The number of alkyl halides is 3. The van der Waals surface area contributed by atoms with E-state index in [1.54, 1.807) is 20.8 Å². The molecule has 0 aliphatic rings. The van der Waals surface area contributed by atoms with E-state index in [1.165, 1.54) is 32.2 Å². The van der Waals surface area contributed by atoms with E-state index in [0.717, 1.165) is 6.20 Å². The average Bonchev–Trinajstić information content (AvgIpc) is 2.84. The summed E-state index contributed by atoms with van der Waals surface area (Å²) in [6.45, 7) is 12.2. The molecule has 212 valence electrons. The summed E-state index contributed by atoms with van der Waals surface area (Å²) in [6, 6.07) is -0.0281. The number of nitrogens with one attached hydrogen (secondary N) is 4. The first-order valence-electron chi connectivity index (χ1n) is 11.6. The maximum Gasteiger partial charge on any atom is 0.418 e. The average molecular weight is 570 g/mol. The fraction of sp³-hybridized carbons (Fsp3) is 0.360. The van der Waals surface area contributed by atoms with Gasteiger partial charge in [-0.1, -0.05) is 24.3 Å². The van der Waals surface area contributed by atoms with Crippen LogP contribution in [0.5, 0.6) is 0 Å². The number of nitrogens with zero attached hydrogens (tertiary/aromatic N) is 3. The summed E-state index contributed by atoms with van der Waals surface area (Å²) >= 11 is 5.56. The number of anilines is 1. The maximum atomic E-state index is 13.1. The predicted octanol–water partition coefficient (Wildman–Crippen LogP) is 3.78. The number of allylic oxidation sites excluding steroid dienone is 2. The standard InChI is InChI=1S/C25H31ClF3N7O3/c1-7-20(23(38)36-22-12-18(25(27,28)29)19(26)13-33-22)34-15(4)16(5)35-24(39)21(30-8-2)11-14(3)31-9-10-32-17(6)37/h7-8,11-13,16,31H,2,9-10H2,1,3-6H3,(H,32,37)(H,35,39)(H,33,36,38)/b14-11+,20-7-,30-21?,34-15?. The van der Waals surface area contributed by atoms with Gasteiger partial charge in [-0.25, -0.2) is 4.98 Å². The van der Waals surface area contributed by atoms with E-state index in [-0.39, 0.29) is 23.1 Å². The van der Waals surface area contributed by atoms with Crippen LogP contribution in [0.1, 0.15) is 40.2 Å². The van der Waals surface area contributed by atoms with E-state index in [4.69, 9.17) is 11.6 Å². The molecule has 10 nitrogen and oxygen atoms in total. The zero-order valence-corrected chi connectivity index (χ0v) is 22.9. The van der Waals surface area contributed by atoms with Crippen LogP contribution in [0.25, 0.3) is 0 Å². The van der Waals surface area contributed by atoms with Crippen LogP contribution in [0, 0.1) is 0 Å². The van der Waals surface area contributed by atoms with Gasteiger partial charge in [0, 0.05) is 43.8 Å². The molecule has 1 unspecified atom stereocenters. The lowest BCUT2D eigenvalue weighted by molar-refractivity contribution is -0.137. The number of hydrogen-bond acceptors (Lipinski definition) is 7. The van der Waals surface area contributed by atoms with Gasteiger partial charge in [0.15, 0.2) is 0 Å². The molecule has 0 aliphatic heterocycles. The van der Waals surface area contributed by atoms with Crippen molar-refractivity contribution >= 4 is 46.6 Å². The van der Waals surface area contributed by atoms with Gasteiger partial charge in [0.2, 0.25) is 5.91 Å². The first kappa shape index (κ1) is 33.0. The van der Waals surface area contributed by atoms with Gasteiger partial charge in [0.1, 0.15) is 17.2 Å². The van der Waals surface area contributed by atoms with Gasteiger partial charge in [0.05, 0.1) is 16.6 Å². The SMILES string of the molecule is C=CN=C(/C=C(\C)NCCNC(C)=O)C(=O)NC(C)C(C)=N/C(=C\C)C(=O)Nc1cc(C(F)(F)F)c(Cl)cn1. The number of pyridine rings is 1. The van der Waals surface area contributed by atoms with Gasteiger partial charge in [-0.05, 0) is 39.8 Å². The largest absolute Gasteiger partial charge is 0.418 e. The normalized spacial score (nSPS) is 13.9. The van der Waals surface area contributed by atoms with Gasteiger partial charge in [0.25, 0.3) is 11.8 Å². The second-order valence-electron chi connectivity index (χ2n) is 8.06. The van der Waals surface area contributed by atoms with Gasteiger partial charge >= 0.3 is 6.18 Å². The first-order valence-corrected chi connectivity index (χ1v) is 12.0. The van der Waals surface area contributed by atoms with E-state index in [9.17, 15) is 27.6 Å². The third-order valence-corrected chi connectivity index (χ3v) is 5.20. The lowest BCUT2D eigenvalue weighted by Gasteiger charge is -2.15. The molecule has 0 aromatic carbocycles. The quantitative estimate of drug-likeness (QED) is 0.172. The lowest BCUT2D eigenvalue weighted by Crippen LogP contribution is -2.41. The minimum atomic E-state index is -4.73. The summed E-state index contributed by atoms with van der Waals surface area (Å²) in [7, 11) is 0. The molecule has 0 spiro atoms. The van der Waals surface area contributed by atoms with Crippen LogP contribution in [0.15, 0.2) is 58.6 Å². The van der Waals surface area contributed by atoms with E-state index in [2.05, 4.69) is 42.8 Å². The van der Waals surface area contributed by atoms with Crippen molar-refractivity contribution in [2.75, 3.05) is 18.4 Å². The molecule has 0 radical (unpaired) electrons. The van der Waals surface area contributed by atoms with E-state index < -0.39 is 34.6 Å². The van der Waals surface area contributed by atoms with Crippen LogP contribution >= 0.6 is 11.6 Å². The molecule has 0 bridgehead atoms. The topological polar surface area (TPSA) is 137 Å². The molecular formula is C25H31ClF3N7O3. The lowest BCUT2D eigenvalue weighted by atomic mass is 10.2. The summed E-state index contributed by atoms with van der Waals surface area (Å²) in [5.74, 6) is -1.87. The van der Waals surface area contributed by atoms with Crippen LogP contribution in [0.3, 0.4) is 0 Å². The second kappa shape index (κ2) is 15.4. The van der Waals surface area contributed by atoms with Crippen molar-refractivity contribution in [1.29, 1.82) is 0 Å². The third kappa shape index (κ3) is 11.5. The molecule has 0 saturated heterocycles. The van der Waals surface area contributed by atoms with Gasteiger partial charge < -0.3 is 21.3 Å². The highest BCUT2D eigenvalue weighted by Gasteiger charge is 2.34. The molecule has 1 heterocycles. The Kier molecular flexibility index (Phi) is 13.1. The van der Waals surface area contributed by atoms with Crippen molar-refractivity contribution in [3.05, 3.63) is 59.2 Å². The number of amides is 3. The Morgan fingerprint density at radius 2 is 1.79 bits per heavy atom. The molecule has 1 aromatic rings. The Hall–Kier alpha value is -4.00. The van der Waals surface area contributed by atoms with Crippen LogP contribution in [-0.2, 0) is 20.6 Å². The Morgan fingerprint density at radius 1 is 1.15 bits per heavy atom. The van der Waals surface area contributed by atoms with E-state index in [1.807, 2.05) is 0 Å². The molecule has 0 aliphatic carbocycles. The fourth-order valence-corrected chi connectivity index (χ4v) is 3.04. The molecule has 1 aromatic heterocycles. The number of aromatic nitrogens is 1. The monoisotopic (exact) mass is 569 g/mol. The molecule has 0 fully saturated rings. The molecular weight excluding hydrogens is 539 g/mol. The van der Waals surface area contributed by atoms with Crippen molar-refractivity contribution in [2.24, 2.45) is 9.98 Å². The third-order valence-electron chi connectivity index (χ3n) is 4.90. The van der Waals surface area contributed by atoms with Gasteiger partial charge in [-0.2, -0.15) is 13.2 Å². The molecule has 0 saturated carbocycles. The zero-order valence-electron chi connectivity index (χ0n) is 22.2. The Labute approximate surface area is 229 Å². The molecule has 4 N–H and O–H groups in total. The summed E-state index contributed by atoms with van der Waals surface area (Å²) < 4.78 is 39.3. The zero-order chi connectivity index (χ0) is 29.8. The number of halogens is 4. The number of carbonyl (C=O) groups excluding carboxylic acids is 3. The number of hydrogen-bond donors (Lipinski definition) is 4. The number of aliphatic imine (C=N–C) groups is 2. The highest BCUT2D eigenvalue weighted by Crippen LogP contribution is 2.35.